The minimum Gasteiger partial charge on any atom is -0.364 e. The number of fused-ring (bicyclic) bond motifs is 4. The van der Waals surface area contributed by atoms with E-state index in [-0.39, 0.29) is 12.0 Å². The van der Waals surface area contributed by atoms with E-state index in [1.807, 2.05) is 18.0 Å². The molecule has 188 valence electrons. The third-order valence-electron chi connectivity index (χ3n) is 7.60. The molecule has 0 aromatic heterocycles. The Morgan fingerprint density at radius 3 is 2.25 bits per heavy atom. The minimum atomic E-state index is -1.50. The van der Waals surface area contributed by atoms with Crippen molar-refractivity contribution in [1.82, 2.24) is 24.9 Å². The van der Waals surface area contributed by atoms with E-state index in [2.05, 4.69) is 10.2 Å². The van der Waals surface area contributed by atoms with Gasteiger partial charge >= 0.3 is 12.1 Å². The van der Waals surface area contributed by atoms with Gasteiger partial charge in [0, 0.05) is 46.5 Å². The third kappa shape index (κ3) is 3.17. The number of hydrogen-bond donors (Lipinski definition) is 1. The van der Waals surface area contributed by atoms with Gasteiger partial charge in [-0.1, -0.05) is 6.07 Å². The molecule has 0 unspecified atom stereocenters. The fourth-order valence-corrected chi connectivity index (χ4v) is 5.60. The highest BCUT2D eigenvalue weighted by Gasteiger charge is 2.63. The molecule has 0 saturated carbocycles. The van der Waals surface area contributed by atoms with Crippen molar-refractivity contribution in [2.75, 3.05) is 52.7 Å². The maximum absolute atomic E-state index is 13.7. The number of piperazine rings is 1. The first-order valence-electron chi connectivity index (χ1n) is 11.5. The lowest BCUT2D eigenvalue weighted by atomic mass is 9.67. The number of urea groups is 2. The van der Waals surface area contributed by atoms with Crippen LogP contribution in [-0.4, -0.2) is 109 Å². The Hall–Kier alpha value is -4.06. The van der Waals surface area contributed by atoms with Crippen molar-refractivity contribution in [3.63, 3.8) is 0 Å². The van der Waals surface area contributed by atoms with Crippen molar-refractivity contribution in [3.05, 3.63) is 34.9 Å². The molecule has 1 aromatic carbocycles. The number of carbonyl (C=O) groups excluding carboxylic acids is 6. The molecular weight excluding hydrogens is 468 g/mol. The zero-order valence-corrected chi connectivity index (χ0v) is 20.4. The molecule has 3 saturated heterocycles. The van der Waals surface area contributed by atoms with Gasteiger partial charge in [0.05, 0.1) is 6.04 Å². The summed E-state index contributed by atoms with van der Waals surface area (Å²) in [5.41, 5.74) is 0.350. The molecule has 0 aliphatic carbocycles. The summed E-state index contributed by atoms with van der Waals surface area (Å²) in [5, 5.41) is 2.12. The van der Waals surface area contributed by atoms with Crippen LogP contribution in [0.3, 0.4) is 0 Å². The zero-order valence-electron chi connectivity index (χ0n) is 20.4. The van der Waals surface area contributed by atoms with E-state index in [1.54, 1.807) is 12.1 Å². The normalized spacial score (nSPS) is 25.6. The number of nitrogens with zero attached hydrogens (tertiary/aromatic N) is 5. The summed E-state index contributed by atoms with van der Waals surface area (Å²) < 4.78 is 0. The van der Waals surface area contributed by atoms with Crippen LogP contribution in [0.5, 0.6) is 0 Å². The average Bonchev–Trinajstić information content (AvgIpc) is 2.86. The Bertz CT molecular complexity index is 1260. The van der Waals surface area contributed by atoms with Crippen molar-refractivity contribution in [2.24, 2.45) is 5.41 Å². The van der Waals surface area contributed by atoms with E-state index in [1.165, 1.54) is 27.2 Å². The summed E-state index contributed by atoms with van der Waals surface area (Å²) in [5.74, 6) is -2.61. The summed E-state index contributed by atoms with van der Waals surface area (Å²) in [7, 11) is 5.97. The number of benzene rings is 1. The van der Waals surface area contributed by atoms with Crippen LogP contribution in [0.2, 0.25) is 0 Å². The van der Waals surface area contributed by atoms with E-state index in [9.17, 15) is 28.8 Å². The van der Waals surface area contributed by atoms with Crippen molar-refractivity contribution >= 4 is 47.5 Å². The Kier molecular flexibility index (Phi) is 5.25. The first-order chi connectivity index (χ1) is 17.0. The Balaban J connectivity index is 1.62. The molecule has 0 radical (unpaired) electrons. The quantitative estimate of drug-likeness (QED) is 0.314. The van der Waals surface area contributed by atoms with Gasteiger partial charge in [-0.05, 0) is 42.8 Å². The predicted molar refractivity (Wildman–Crippen MR) is 126 cm³/mol. The summed E-state index contributed by atoms with van der Waals surface area (Å²) in [6.45, 7) is 1.76. The van der Waals surface area contributed by atoms with Crippen LogP contribution in [0.15, 0.2) is 23.8 Å². The standard InChI is InChI=1S/C24H26N6O6/c1-26-7-8-30-16-6-5-13(10-15-18(31)25-22(35)27(2)19(15)32)9-14(16)11-24(17(30)12-26)20(33)28(3)23(36)29(4)21(24)34/h5-6,9-10,17H,7-8,11-12H2,1-4H3,(H,25,31,35)/b15-10-/t17-/m1/s1. The third-order valence-corrected chi connectivity index (χ3v) is 7.60. The first kappa shape index (κ1) is 23.7. The monoisotopic (exact) mass is 494 g/mol. The lowest BCUT2D eigenvalue weighted by Gasteiger charge is -2.55. The average molecular weight is 495 g/mol. The number of barbiturate groups is 2. The lowest BCUT2D eigenvalue weighted by molar-refractivity contribution is -0.160. The number of nitrogens with one attached hydrogen (secondary N) is 1. The highest BCUT2D eigenvalue weighted by Crippen LogP contribution is 2.47. The molecule has 1 atom stereocenters. The fraction of sp³-hybridized carbons (Fsp3) is 0.417. The molecule has 4 aliphatic rings. The van der Waals surface area contributed by atoms with Gasteiger partial charge in [0.2, 0.25) is 11.8 Å². The topological polar surface area (TPSA) is 131 Å². The van der Waals surface area contributed by atoms with Gasteiger partial charge in [0.25, 0.3) is 11.8 Å². The first-order valence-corrected chi connectivity index (χ1v) is 11.5. The maximum atomic E-state index is 13.7. The molecule has 8 amide bonds. The van der Waals surface area contributed by atoms with Gasteiger partial charge in [0.1, 0.15) is 5.57 Å². The van der Waals surface area contributed by atoms with Crippen LogP contribution in [-0.2, 0) is 25.6 Å². The van der Waals surface area contributed by atoms with Crippen LogP contribution >= 0.6 is 0 Å². The molecule has 3 fully saturated rings. The molecule has 4 aliphatic heterocycles. The van der Waals surface area contributed by atoms with Gasteiger partial charge in [-0.25, -0.2) is 9.59 Å². The largest absolute Gasteiger partial charge is 0.364 e. The molecule has 1 aromatic rings. The highest BCUT2D eigenvalue weighted by molar-refractivity contribution is 6.30. The van der Waals surface area contributed by atoms with Crippen LogP contribution in [0.1, 0.15) is 11.1 Å². The highest BCUT2D eigenvalue weighted by atomic mass is 16.2. The molecule has 4 heterocycles. The van der Waals surface area contributed by atoms with Crippen molar-refractivity contribution in [2.45, 2.75) is 12.5 Å². The second-order valence-corrected chi connectivity index (χ2v) is 9.70. The smallest absolute Gasteiger partial charge is 0.332 e. The van der Waals surface area contributed by atoms with Gasteiger partial charge in [0.15, 0.2) is 5.41 Å². The number of hydrogen-bond acceptors (Lipinski definition) is 8. The van der Waals surface area contributed by atoms with E-state index >= 15 is 0 Å². The van der Waals surface area contributed by atoms with E-state index in [4.69, 9.17) is 0 Å². The number of imide groups is 4. The Morgan fingerprint density at radius 2 is 1.58 bits per heavy atom. The molecule has 12 heteroatoms. The van der Waals surface area contributed by atoms with E-state index in [0.717, 1.165) is 26.9 Å². The van der Waals surface area contributed by atoms with Gasteiger partial charge in [-0.2, -0.15) is 0 Å². The Morgan fingerprint density at radius 1 is 0.917 bits per heavy atom. The van der Waals surface area contributed by atoms with Crippen LogP contribution in [0.4, 0.5) is 15.3 Å². The number of likely N-dealkylation sites (N-methyl/N-ethyl adjacent to an activating group) is 2. The van der Waals surface area contributed by atoms with Crippen molar-refractivity contribution < 1.29 is 28.8 Å². The van der Waals surface area contributed by atoms with Crippen LogP contribution in [0.25, 0.3) is 6.08 Å². The summed E-state index contributed by atoms with van der Waals surface area (Å²) in [6.07, 6.45) is 1.45. The van der Waals surface area contributed by atoms with Crippen molar-refractivity contribution in [1.29, 1.82) is 0 Å². The van der Waals surface area contributed by atoms with Crippen LogP contribution < -0.4 is 10.2 Å². The van der Waals surface area contributed by atoms with Gasteiger partial charge in [-0.3, -0.25) is 39.2 Å². The Labute approximate surface area is 207 Å². The zero-order chi connectivity index (χ0) is 26.1. The SMILES string of the molecule is CN1CCN2c3ccc(/C=C4/C(=O)NC(=O)N(C)C4=O)cc3CC3(C(=O)N(C)C(=O)N(C)C3=O)[C@H]2C1. The summed E-state index contributed by atoms with van der Waals surface area (Å²) >= 11 is 0. The van der Waals surface area contributed by atoms with Gasteiger partial charge < -0.3 is 9.80 Å². The minimum absolute atomic E-state index is 0.0620. The second-order valence-electron chi connectivity index (χ2n) is 9.70. The summed E-state index contributed by atoms with van der Waals surface area (Å²) in [6, 6.07) is 3.40. The number of carbonyl (C=O) groups is 6. The molecule has 1 spiro atoms. The molecule has 1 N–H and O–H groups in total. The maximum Gasteiger partial charge on any atom is 0.332 e. The fourth-order valence-electron chi connectivity index (χ4n) is 5.60. The van der Waals surface area contributed by atoms with Crippen LogP contribution in [0, 0.1) is 5.41 Å². The number of amides is 8. The molecule has 36 heavy (non-hydrogen) atoms. The molecule has 0 bridgehead atoms. The summed E-state index contributed by atoms with van der Waals surface area (Å²) in [4.78, 5) is 83.3. The lowest BCUT2D eigenvalue weighted by Crippen LogP contribution is -2.74. The van der Waals surface area contributed by atoms with E-state index in [0.29, 0.717) is 24.2 Å². The second kappa shape index (κ2) is 7.98. The molecular formula is C24H26N6O6. The number of anilines is 1. The molecule has 5 rings (SSSR count). The van der Waals surface area contributed by atoms with E-state index < -0.39 is 47.1 Å². The van der Waals surface area contributed by atoms with Crippen molar-refractivity contribution in [3.8, 4) is 0 Å². The molecule has 12 nitrogen and oxygen atoms in total. The number of rotatable bonds is 1. The van der Waals surface area contributed by atoms with Gasteiger partial charge in [-0.15, -0.1) is 0 Å². The predicted octanol–water partition coefficient (Wildman–Crippen LogP) is -0.508.